The summed E-state index contributed by atoms with van der Waals surface area (Å²) < 4.78 is 39.3. The summed E-state index contributed by atoms with van der Waals surface area (Å²) in [5.41, 5.74) is -1.29. The molecule has 0 amide bonds. The van der Waals surface area contributed by atoms with E-state index >= 15 is 0 Å². The van der Waals surface area contributed by atoms with Crippen molar-refractivity contribution in [2.45, 2.75) is 19.6 Å². The van der Waals surface area contributed by atoms with E-state index in [0.717, 1.165) is 0 Å². The fraction of sp³-hybridized carbons (Fsp3) is 0.375. The molecule has 0 atom stereocenters. The van der Waals surface area contributed by atoms with Gasteiger partial charge in [0.05, 0.1) is 6.33 Å². The number of hydrogen-bond donors (Lipinski definition) is 0. The van der Waals surface area contributed by atoms with Crippen LogP contribution in [-0.2, 0) is 12.7 Å². The average molecular weight is 251 g/mol. The molecule has 0 N–H and O–H groups in total. The molecule has 2 aromatic heterocycles. The van der Waals surface area contributed by atoms with Crippen LogP contribution in [0.15, 0.2) is 6.33 Å². The highest BCUT2D eigenvalue weighted by atomic mass is 35.5. The third kappa shape index (κ3) is 1.71. The summed E-state index contributed by atoms with van der Waals surface area (Å²) in [6, 6.07) is 0. The molecule has 2 aromatic rings. The Hall–Kier alpha value is -1.37. The van der Waals surface area contributed by atoms with E-state index in [9.17, 15) is 13.2 Å². The van der Waals surface area contributed by atoms with Crippen molar-refractivity contribution >= 4 is 22.8 Å². The molecular weight excluding hydrogens is 245 g/mol. The fourth-order valence-electron chi connectivity index (χ4n) is 1.35. The zero-order valence-corrected chi connectivity index (χ0v) is 8.84. The number of halogens is 4. The molecule has 0 bridgehead atoms. The molecule has 2 rings (SSSR count). The molecule has 86 valence electrons. The van der Waals surface area contributed by atoms with Gasteiger partial charge in [-0.2, -0.15) is 18.2 Å². The molecule has 0 aliphatic rings. The Kier molecular flexibility index (Phi) is 2.49. The molecule has 0 aliphatic heterocycles. The lowest BCUT2D eigenvalue weighted by Crippen LogP contribution is -2.10. The molecule has 0 aromatic carbocycles. The normalized spacial score (nSPS) is 12.3. The molecule has 8 heteroatoms. The summed E-state index contributed by atoms with van der Waals surface area (Å²) >= 11 is 5.45. The molecule has 0 aliphatic carbocycles. The maximum atomic E-state index is 12.6. The number of imidazole rings is 1. The number of aromatic nitrogens is 4. The molecule has 0 spiro atoms. The first-order valence-corrected chi connectivity index (χ1v) is 4.77. The van der Waals surface area contributed by atoms with Crippen molar-refractivity contribution < 1.29 is 13.2 Å². The predicted molar refractivity (Wildman–Crippen MR) is 51.0 cm³/mol. The van der Waals surface area contributed by atoms with Gasteiger partial charge in [-0.25, -0.2) is 9.97 Å². The zero-order chi connectivity index (χ0) is 11.9. The molecule has 0 fully saturated rings. The van der Waals surface area contributed by atoms with Crippen LogP contribution in [0.5, 0.6) is 0 Å². The van der Waals surface area contributed by atoms with Crippen molar-refractivity contribution in [3.8, 4) is 0 Å². The number of nitrogens with zero attached hydrogens (tertiary/aromatic N) is 4. The van der Waals surface area contributed by atoms with Gasteiger partial charge in [0.2, 0.25) is 5.28 Å². The Morgan fingerprint density at radius 2 is 2.06 bits per heavy atom. The van der Waals surface area contributed by atoms with Crippen LogP contribution in [0.2, 0.25) is 5.28 Å². The number of aryl methyl sites for hydroxylation is 1. The quantitative estimate of drug-likeness (QED) is 0.731. The van der Waals surface area contributed by atoms with E-state index in [1.165, 1.54) is 10.9 Å². The first-order valence-electron chi connectivity index (χ1n) is 4.39. The topological polar surface area (TPSA) is 43.6 Å². The Morgan fingerprint density at radius 1 is 1.38 bits per heavy atom. The van der Waals surface area contributed by atoms with E-state index in [-0.39, 0.29) is 11.2 Å². The maximum Gasteiger partial charge on any atom is 0.435 e. The highest BCUT2D eigenvalue weighted by Crippen LogP contribution is 2.32. The summed E-state index contributed by atoms with van der Waals surface area (Å²) in [7, 11) is 0. The third-order valence-corrected chi connectivity index (χ3v) is 2.21. The van der Waals surface area contributed by atoms with Gasteiger partial charge in [-0.1, -0.05) is 0 Å². The van der Waals surface area contributed by atoms with Gasteiger partial charge in [-0.15, -0.1) is 0 Å². The number of fused-ring (bicyclic) bond motifs is 1. The standard InChI is InChI=1S/C8H6ClF3N4/c1-2-16-3-13-4-5(8(10,11)12)14-7(9)15-6(4)16/h3H,2H2,1H3. The Labute approximate surface area is 93.1 Å². The van der Waals surface area contributed by atoms with Crippen molar-refractivity contribution in [1.82, 2.24) is 19.5 Å². The molecule has 0 unspecified atom stereocenters. The summed E-state index contributed by atoms with van der Waals surface area (Å²) in [6.07, 6.45) is -3.30. The van der Waals surface area contributed by atoms with Crippen LogP contribution in [0, 0.1) is 0 Å². The van der Waals surface area contributed by atoms with Crippen LogP contribution in [0.1, 0.15) is 12.6 Å². The number of hydrogen-bond acceptors (Lipinski definition) is 3. The molecule has 0 radical (unpaired) electrons. The Bertz CT molecular complexity index is 534. The summed E-state index contributed by atoms with van der Waals surface area (Å²) in [4.78, 5) is 10.6. The second-order valence-corrected chi connectivity index (χ2v) is 3.38. The maximum absolute atomic E-state index is 12.6. The SMILES string of the molecule is CCn1cnc2c(C(F)(F)F)nc(Cl)nc21. The second-order valence-electron chi connectivity index (χ2n) is 3.04. The monoisotopic (exact) mass is 250 g/mol. The molecule has 16 heavy (non-hydrogen) atoms. The summed E-state index contributed by atoms with van der Waals surface area (Å²) in [5.74, 6) is 0. The van der Waals surface area contributed by atoms with Crippen LogP contribution in [0.3, 0.4) is 0 Å². The molecule has 4 nitrogen and oxygen atoms in total. The second kappa shape index (κ2) is 3.58. The zero-order valence-electron chi connectivity index (χ0n) is 8.09. The Balaban J connectivity index is 2.80. The van der Waals surface area contributed by atoms with Crippen LogP contribution in [0.4, 0.5) is 13.2 Å². The van der Waals surface area contributed by atoms with E-state index in [4.69, 9.17) is 11.6 Å². The van der Waals surface area contributed by atoms with Crippen LogP contribution >= 0.6 is 11.6 Å². The highest BCUT2D eigenvalue weighted by Gasteiger charge is 2.37. The average Bonchev–Trinajstić information content (AvgIpc) is 2.57. The van der Waals surface area contributed by atoms with Crippen LogP contribution in [0.25, 0.3) is 11.2 Å². The van der Waals surface area contributed by atoms with Gasteiger partial charge in [0.25, 0.3) is 0 Å². The minimum absolute atomic E-state index is 0.0924. The van der Waals surface area contributed by atoms with Gasteiger partial charge < -0.3 is 4.57 Å². The highest BCUT2D eigenvalue weighted by molar-refractivity contribution is 6.28. The van der Waals surface area contributed by atoms with E-state index < -0.39 is 17.2 Å². The van der Waals surface area contributed by atoms with Crippen molar-refractivity contribution in [2.24, 2.45) is 0 Å². The van der Waals surface area contributed by atoms with Crippen molar-refractivity contribution in [2.75, 3.05) is 0 Å². The Morgan fingerprint density at radius 3 is 2.62 bits per heavy atom. The van der Waals surface area contributed by atoms with Crippen LogP contribution < -0.4 is 0 Å². The van der Waals surface area contributed by atoms with Gasteiger partial charge in [0.15, 0.2) is 11.3 Å². The van der Waals surface area contributed by atoms with E-state index in [0.29, 0.717) is 6.54 Å². The van der Waals surface area contributed by atoms with Crippen molar-refractivity contribution in [1.29, 1.82) is 0 Å². The molecule has 0 saturated heterocycles. The summed E-state index contributed by atoms with van der Waals surface area (Å²) in [5, 5.41) is -0.435. The minimum atomic E-state index is -4.59. The first-order chi connectivity index (χ1) is 7.43. The predicted octanol–water partition coefficient (Wildman–Crippen LogP) is 2.52. The number of rotatable bonds is 1. The smallest absolute Gasteiger partial charge is 0.315 e. The largest absolute Gasteiger partial charge is 0.435 e. The van der Waals surface area contributed by atoms with E-state index in [2.05, 4.69) is 15.0 Å². The fourth-order valence-corrected chi connectivity index (χ4v) is 1.51. The van der Waals surface area contributed by atoms with Gasteiger partial charge in [0.1, 0.15) is 5.52 Å². The molecule has 2 heterocycles. The number of alkyl halides is 3. The lowest BCUT2D eigenvalue weighted by Gasteiger charge is -2.06. The third-order valence-electron chi connectivity index (χ3n) is 2.05. The summed E-state index contributed by atoms with van der Waals surface area (Å²) in [6.45, 7) is 2.23. The lowest BCUT2D eigenvalue weighted by atomic mass is 10.3. The van der Waals surface area contributed by atoms with E-state index in [1.807, 2.05) is 0 Å². The van der Waals surface area contributed by atoms with Crippen molar-refractivity contribution in [3.63, 3.8) is 0 Å². The molecular formula is C8H6ClF3N4. The van der Waals surface area contributed by atoms with E-state index in [1.54, 1.807) is 6.92 Å². The van der Waals surface area contributed by atoms with Gasteiger partial charge in [-0.05, 0) is 18.5 Å². The van der Waals surface area contributed by atoms with Gasteiger partial charge in [-0.3, -0.25) is 0 Å². The first kappa shape index (κ1) is 11.1. The van der Waals surface area contributed by atoms with Gasteiger partial charge >= 0.3 is 6.18 Å². The van der Waals surface area contributed by atoms with Crippen molar-refractivity contribution in [3.05, 3.63) is 17.3 Å². The van der Waals surface area contributed by atoms with Gasteiger partial charge in [0, 0.05) is 6.54 Å². The minimum Gasteiger partial charge on any atom is -0.315 e. The van der Waals surface area contributed by atoms with Crippen LogP contribution in [-0.4, -0.2) is 19.5 Å². The lowest BCUT2D eigenvalue weighted by molar-refractivity contribution is -0.139. The molecule has 0 saturated carbocycles.